The smallest absolute Gasteiger partial charge is 0.240 e. The Balaban J connectivity index is 1.47. The highest BCUT2D eigenvalue weighted by molar-refractivity contribution is 6.10. The zero-order valence-electron chi connectivity index (χ0n) is 19.8. The molecule has 0 spiro atoms. The predicted octanol–water partition coefficient (Wildman–Crippen LogP) is 3.73. The van der Waals surface area contributed by atoms with Crippen LogP contribution in [0, 0.1) is 0 Å². The summed E-state index contributed by atoms with van der Waals surface area (Å²) in [5, 5.41) is 0. The molecule has 180 valence electrons. The molecule has 2 aromatic rings. The van der Waals surface area contributed by atoms with Gasteiger partial charge in [0.2, 0.25) is 17.7 Å². The number of hydrogen-bond acceptors (Lipinski definition) is 5. The van der Waals surface area contributed by atoms with Gasteiger partial charge in [-0.2, -0.15) is 0 Å². The van der Waals surface area contributed by atoms with Crippen molar-refractivity contribution in [1.29, 1.82) is 0 Å². The molecule has 1 aliphatic heterocycles. The average Bonchev–Trinajstić information content (AvgIpc) is 3.12. The first kappa shape index (κ1) is 23.9. The van der Waals surface area contributed by atoms with Gasteiger partial charge in [0, 0.05) is 38.7 Å². The third-order valence-electron chi connectivity index (χ3n) is 7.13. The van der Waals surface area contributed by atoms with E-state index >= 15 is 0 Å². The molecule has 1 saturated heterocycles. The fraction of sp³-hybridized carbons (Fsp3) is 0.481. The lowest BCUT2D eigenvalue weighted by Crippen LogP contribution is -2.45. The number of imide groups is 1. The molecular weight excluding hydrogens is 430 g/mol. The summed E-state index contributed by atoms with van der Waals surface area (Å²) in [5.41, 5.74) is -0.421. The van der Waals surface area contributed by atoms with Crippen molar-refractivity contribution in [3.05, 3.63) is 60.4 Å². The van der Waals surface area contributed by atoms with Crippen molar-refractivity contribution >= 4 is 17.7 Å². The van der Waals surface area contributed by atoms with Gasteiger partial charge in [-0.25, -0.2) is 0 Å². The highest BCUT2D eigenvalue weighted by Gasteiger charge is 2.53. The topological polar surface area (TPSA) is 79.8 Å². The maximum Gasteiger partial charge on any atom is 0.240 e. The van der Waals surface area contributed by atoms with Gasteiger partial charge in [-0.1, -0.05) is 49.6 Å². The van der Waals surface area contributed by atoms with Crippen LogP contribution in [-0.4, -0.2) is 58.7 Å². The Morgan fingerprint density at radius 2 is 1.88 bits per heavy atom. The molecule has 0 unspecified atom stereocenters. The molecule has 1 aromatic heterocycles. The predicted molar refractivity (Wildman–Crippen MR) is 128 cm³/mol. The number of aromatic nitrogens is 1. The van der Waals surface area contributed by atoms with Crippen LogP contribution in [-0.2, 0) is 19.8 Å². The molecule has 0 N–H and O–H groups in total. The first-order chi connectivity index (χ1) is 16.5. The van der Waals surface area contributed by atoms with E-state index < -0.39 is 5.41 Å². The number of ether oxygens (including phenoxy) is 1. The van der Waals surface area contributed by atoms with Crippen LogP contribution in [0.1, 0.15) is 56.9 Å². The Kier molecular flexibility index (Phi) is 7.60. The van der Waals surface area contributed by atoms with Crippen molar-refractivity contribution in [2.45, 2.75) is 62.8 Å². The van der Waals surface area contributed by atoms with Crippen molar-refractivity contribution in [3.8, 4) is 5.75 Å². The lowest BCUT2D eigenvalue weighted by Gasteiger charge is -2.34. The lowest BCUT2D eigenvalue weighted by molar-refractivity contribution is -0.143. The molecule has 7 nitrogen and oxygen atoms in total. The minimum Gasteiger partial charge on any atom is -0.492 e. The number of amides is 3. The summed E-state index contributed by atoms with van der Waals surface area (Å²) in [7, 11) is 1.84. The number of carbonyl (C=O) groups is 3. The summed E-state index contributed by atoms with van der Waals surface area (Å²) in [6.45, 7) is 0.629. The summed E-state index contributed by atoms with van der Waals surface area (Å²) in [6, 6.07) is 13.1. The SMILES string of the molecule is CN(C(=O)C[C@]1(c2ccccc2)CC(=O)N(CCCOc2cccnc2)C1=O)C1CCCCC1. The molecule has 1 aromatic carbocycles. The third kappa shape index (κ3) is 5.13. The molecule has 3 amide bonds. The van der Waals surface area contributed by atoms with Crippen molar-refractivity contribution < 1.29 is 19.1 Å². The molecule has 0 radical (unpaired) electrons. The highest BCUT2D eigenvalue weighted by Crippen LogP contribution is 2.40. The first-order valence-corrected chi connectivity index (χ1v) is 12.2. The van der Waals surface area contributed by atoms with Crippen LogP contribution in [0.15, 0.2) is 54.9 Å². The number of rotatable bonds is 9. The van der Waals surface area contributed by atoms with E-state index in [2.05, 4.69) is 4.98 Å². The van der Waals surface area contributed by atoms with Gasteiger partial charge in [-0.3, -0.25) is 24.3 Å². The molecule has 1 saturated carbocycles. The monoisotopic (exact) mass is 463 g/mol. The zero-order valence-corrected chi connectivity index (χ0v) is 19.8. The van der Waals surface area contributed by atoms with Crippen LogP contribution in [0.4, 0.5) is 0 Å². The second-order valence-corrected chi connectivity index (χ2v) is 9.34. The molecular formula is C27H33N3O4. The van der Waals surface area contributed by atoms with Crippen LogP contribution in [0.25, 0.3) is 0 Å². The number of pyridine rings is 1. The molecule has 2 aliphatic rings. The van der Waals surface area contributed by atoms with Crippen LogP contribution < -0.4 is 4.74 Å². The van der Waals surface area contributed by atoms with Crippen LogP contribution in [0.5, 0.6) is 5.75 Å². The van der Waals surface area contributed by atoms with E-state index in [1.807, 2.05) is 48.3 Å². The summed E-state index contributed by atoms with van der Waals surface area (Å²) in [4.78, 5) is 47.2. The van der Waals surface area contributed by atoms with E-state index in [0.29, 0.717) is 18.8 Å². The van der Waals surface area contributed by atoms with E-state index in [1.54, 1.807) is 18.5 Å². The van der Waals surface area contributed by atoms with Crippen LogP contribution >= 0.6 is 0 Å². The molecule has 2 fully saturated rings. The molecule has 0 bridgehead atoms. The minimum absolute atomic E-state index is 0.0112. The standard InChI is InChI=1S/C27H33N3O4/c1-29(22-12-6-3-7-13-22)24(31)18-27(21-10-4-2-5-11-21)19-25(32)30(26(27)33)16-9-17-34-23-14-8-15-28-20-23/h2,4-5,8,10-11,14-15,20,22H,3,6-7,9,12-13,16-19H2,1H3/t27-/m1/s1. The molecule has 7 heteroatoms. The fourth-order valence-electron chi connectivity index (χ4n) is 5.15. The van der Waals surface area contributed by atoms with Gasteiger partial charge in [-0.05, 0) is 37.0 Å². The van der Waals surface area contributed by atoms with E-state index in [9.17, 15) is 14.4 Å². The van der Waals surface area contributed by atoms with Gasteiger partial charge < -0.3 is 9.64 Å². The molecule has 4 rings (SSSR count). The van der Waals surface area contributed by atoms with E-state index in [1.165, 1.54) is 11.3 Å². The highest BCUT2D eigenvalue weighted by atomic mass is 16.5. The minimum atomic E-state index is -1.15. The Morgan fingerprint density at radius 1 is 1.12 bits per heavy atom. The number of carbonyl (C=O) groups excluding carboxylic acids is 3. The summed E-state index contributed by atoms with van der Waals surface area (Å²) >= 11 is 0. The lowest BCUT2D eigenvalue weighted by atomic mass is 9.75. The van der Waals surface area contributed by atoms with Gasteiger partial charge in [0.05, 0.1) is 18.2 Å². The number of nitrogens with zero attached hydrogens (tertiary/aromatic N) is 3. The van der Waals surface area contributed by atoms with Gasteiger partial charge in [0.25, 0.3) is 0 Å². The summed E-state index contributed by atoms with van der Waals surface area (Å²) < 4.78 is 5.66. The summed E-state index contributed by atoms with van der Waals surface area (Å²) in [5.74, 6) is 0.0639. The van der Waals surface area contributed by atoms with E-state index in [4.69, 9.17) is 4.74 Å². The van der Waals surface area contributed by atoms with Gasteiger partial charge in [0.15, 0.2) is 0 Å². The molecule has 1 atom stereocenters. The van der Waals surface area contributed by atoms with Crippen molar-refractivity contribution in [2.24, 2.45) is 0 Å². The van der Waals surface area contributed by atoms with Crippen LogP contribution in [0.2, 0.25) is 0 Å². The molecule has 34 heavy (non-hydrogen) atoms. The van der Waals surface area contributed by atoms with Gasteiger partial charge in [0.1, 0.15) is 5.75 Å². The number of hydrogen-bond donors (Lipinski definition) is 0. The van der Waals surface area contributed by atoms with Crippen molar-refractivity contribution in [3.63, 3.8) is 0 Å². The van der Waals surface area contributed by atoms with Crippen molar-refractivity contribution in [2.75, 3.05) is 20.2 Å². The average molecular weight is 464 g/mol. The van der Waals surface area contributed by atoms with Gasteiger partial charge >= 0.3 is 0 Å². The quantitative estimate of drug-likeness (QED) is 0.418. The van der Waals surface area contributed by atoms with Gasteiger partial charge in [-0.15, -0.1) is 0 Å². The molecule has 2 heterocycles. The zero-order chi connectivity index (χ0) is 24.0. The third-order valence-corrected chi connectivity index (χ3v) is 7.13. The van der Waals surface area contributed by atoms with Crippen molar-refractivity contribution in [1.82, 2.24) is 14.8 Å². The second kappa shape index (κ2) is 10.8. The van der Waals surface area contributed by atoms with E-state index in [0.717, 1.165) is 31.2 Å². The Hall–Kier alpha value is -3.22. The summed E-state index contributed by atoms with van der Waals surface area (Å²) in [6.07, 6.45) is 9.28. The first-order valence-electron chi connectivity index (χ1n) is 12.2. The largest absolute Gasteiger partial charge is 0.492 e. The van der Waals surface area contributed by atoms with Crippen LogP contribution in [0.3, 0.4) is 0 Å². The Bertz CT molecular complexity index is 991. The normalized spacial score (nSPS) is 21.0. The number of likely N-dealkylation sites (tertiary alicyclic amines) is 1. The van der Waals surface area contributed by atoms with E-state index in [-0.39, 0.29) is 43.1 Å². The maximum atomic E-state index is 13.7. The fourth-order valence-corrected chi connectivity index (χ4v) is 5.15. The number of benzene rings is 1. The second-order valence-electron chi connectivity index (χ2n) is 9.34. The Morgan fingerprint density at radius 3 is 2.59 bits per heavy atom. The maximum absolute atomic E-state index is 13.7. The molecule has 1 aliphatic carbocycles. The Labute approximate surface area is 201 Å².